The number of hydrogen-bond donors (Lipinski definition) is 0. The zero-order chi connectivity index (χ0) is 16.4. The van der Waals surface area contributed by atoms with Gasteiger partial charge in [0.05, 0.1) is 18.8 Å². The Kier molecular flexibility index (Phi) is 4.45. The van der Waals surface area contributed by atoms with Crippen LogP contribution in [0.3, 0.4) is 0 Å². The maximum atomic E-state index is 12.8. The third-order valence-corrected chi connectivity index (χ3v) is 4.50. The fourth-order valence-electron chi connectivity index (χ4n) is 3.23. The Labute approximate surface area is 135 Å². The van der Waals surface area contributed by atoms with Gasteiger partial charge in [-0.25, -0.2) is 5.01 Å². The standard InChI is InChI=1S/C16H23N5O2/c1-12-9-17-20(10-12)11-13-5-3-4-8-21(13)16(23)14-6-7-15(22)19(2)18-14/h9-10,13H,3-8,11H2,1-2H3/t13-/m0/s1. The predicted molar refractivity (Wildman–Crippen MR) is 85.8 cm³/mol. The molecule has 3 rings (SSSR count). The van der Waals surface area contributed by atoms with Crippen molar-refractivity contribution in [3.8, 4) is 0 Å². The Bertz CT molecular complexity index is 636. The van der Waals surface area contributed by atoms with Crippen LogP contribution in [0, 0.1) is 6.92 Å². The van der Waals surface area contributed by atoms with Crippen LogP contribution in [0.15, 0.2) is 17.5 Å². The molecule has 0 bridgehead atoms. The fourth-order valence-corrected chi connectivity index (χ4v) is 3.23. The molecule has 7 nitrogen and oxygen atoms in total. The number of carbonyl (C=O) groups is 2. The molecule has 0 spiro atoms. The van der Waals surface area contributed by atoms with Crippen molar-refractivity contribution in [1.82, 2.24) is 19.7 Å². The molecule has 0 N–H and O–H groups in total. The van der Waals surface area contributed by atoms with Crippen LogP contribution in [0.4, 0.5) is 0 Å². The molecule has 1 saturated heterocycles. The molecule has 0 aliphatic carbocycles. The minimum Gasteiger partial charge on any atom is -0.333 e. The number of aromatic nitrogens is 2. The fraction of sp³-hybridized carbons (Fsp3) is 0.625. The molecule has 0 aromatic carbocycles. The van der Waals surface area contributed by atoms with E-state index in [1.165, 1.54) is 5.01 Å². The molecule has 1 fully saturated rings. The van der Waals surface area contributed by atoms with Gasteiger partial charge < -0.3 is 4.90 Å². The average molecular weight is 317 g/mol. The minimum absolute atomic E-state index is 0.0297. The van der Waals surface area contributed by atoms with E-state index in [1.54, 1.807) is 7.05 Å². The largest absolute Gasteiger partial charge is 0.333 e. The number of carbonyl (C=O) groups excluding carboxylic acids is 2. The maximum Gasteiger partial charge on any atom is 0.270 e. The van der Waals surface area contributed by atoms with Crippen molar-refractivity contribution in [2.24, 2.45) is 5.10 Å². The summed E-state index contributed by atoms with van der Waals surface area (Å²) in [6.45, 7) is 3.47. The number of nitrogens with zero attached hydrogens (tertiary/aromatic N) is 5. The highest BCUT2D eigenvalue weighted by Crippen LogP contribution is 2.21. The molecule has 124 valence electrons. The quantitative estimate of drug-likeness (QED) is 0.840. The number of piperidine rings is 1. The van der Waals surface area contributed by atoms with E-state index in [2.05, 4.69) is 10.2 Å². The lowest BCUT2D eigenvalue weighted by Crippen LogP contribution is -2.49. The van der Waals surface area contributed by atoms with Gasteiger partial charge in [0, 0.05) is 32.6 Å². The molecule has 2 aliphatic heterocycles. The highest BCUT2D eigenvalue weighted by Gasteiger charge is 2.32. The Hall–Kier alpha value is -2.18. The van der Waals surface area contributed by atoms with Crippen LogP contribution in [0.5, 0.6) is 0 Å². The zero-order valence-corrected chi connectivity index (χ0v) is 13.7. The van der Waals surface area contributed by atoms with Crippen molar-refractivity contribution in [3.05, 3.63) is 18.0 Å². The van der Waals surface area contributed by atoms with Crippen molar-refractivity contribution in [2.75, 3.05) is 13.6 Å². The molecular formula is C16H23N5O2. The number of hydrazone groups is 1. The predicted octanol–water partition coefficient (Wildman–Crippen LogP) is 1.18. The Morgan fingerprint density at radius 3 is 2.87 bits per heavy atom. The number of aryl methyl sites for hydroxylation is 1. The van der Waals surface area contributed by atoms with E-state index in [-0.39, 0.29) is 17.9 Å². The monoisotopic (exact) mass is 317 g/mol. The van der Waals surface area contributed by atoms with Crippen molar-refractivity contribution >= 4 is 17.5 Å². The maximum absolute atomic E-state index is 12.8. The molecule has 1 aromatic heterocycles. The smallest absolute Gasteiger partial charge is 0.270 e. The molecule has 0 saturated carbocycles. The summed E-state index contributed by atoms with van der Waals surface area (Å²) in [7, 11) is 1.61. The van der Waals surface area contributed by atoms with E-state index >= 15 is 0 Å². The molecule has 2 amide bonds. The molecule has 0 unspecified atom stereocenters. The van der Waals surface area contributed by atoms with Gasteiger partial charge in [0.15, 0.2) is 0 Å². The normalized spacial score (nSPS) is 22.3. The summed E-state index contributed by atoms with van der Waals surface area (Å²) in [5.74, 6) is -0.0679. The van der Waals surface area contributed by atoms with Crippen molar-refractivity contribution < 1.29 is 9.59 Å². The van der Waals surface area contributed by atoms with E-state index in [9.17, 15) is 9.59 Å². The molecule has 7 heteroatoms. The van der Waals surface area contributed by atoms with Gasteiger partial charge in [-0.1, -0.05) is 0 Å². The average Bonchev–Trinajstić information content (AvgIpc) is 2.95. The summed E-state index contributed by atoms with van der Waals surface area (Å²) < 4.78 is 1.91. The van der Waals surface area contributed by atoms with Gasteiger partial charge in [0.1, 0.15) is 5.71 Å². The lowest BCUT2D eigenvalue weighted by molar-refractivity contribution is -0.131. The molecule has 0 radical (unpaired) electrons. The second kappa shape index (κ2) is 6.52. The third-order valence-electron chi connectivity index (χ3n) is 4.50. The summed E-state index contributed by atoms with van der Waals surface area (Å²) in [5, 5.41) is 9.79. The van der Waals surface area contributed by atoms with Crippen molar-refractivity contribution in [2.45, 2.75) is 51.6 Å². The number of rotatable bonds is 3. The van der Waals surface area contributed by atoms with Gasteiger partial charge in [-0.3, -0.25) is 14.3 Å². The van der Waals surface area contributed by atoms with Gasteiger partial charge in [0.2, 0.25) is 5.91 Å². The second-order valence-electron chi connectivity index (χ2n) is 6.35. The van der Waals surface area contributed by atoms with Crippen LogP contribution in [0.1, 0.15) is 37.7 Å². The number of amides is 2. The number of hydrogen-bond acceptors (Lipinski definition) is 4. The van der Waals surface area contributed by atoms with Crippen LogP contribution in [-0.4, -0.2) is 56.8 Å². The molecular weight excluding hydrogens is 294 g/mol. The van der Waals surface area contributed by atoms with Gasteiger partial charge in [-0.2, -0.15) is 10.2 Å². The van der Waals surface area contributed by atoms with Crippen LogP contribution < -0.4 is 0 Å². The molecule has 23 heavy (non-hydrogen) atoms. The summed E-state index contributed by atoms with van der Waals surface area (Å²) in [5.41, 5.74) is 1.62. The molecule has 1 aromatic rings. The number of likely N-dealkylation sites (tertiary alicyclic amines) is 1. The Morgan fingerprint density at radius 2 is 2.17 bits per heavy atom. The van der Waals surface area contributed by atoms with E-state index in [0.29, 0.717) is 25.1 Å². The van der Waals surface area contributed by atoms with Crippen molar-refractivity contribution in [1.29, 1.82) is 0 Å². The Balaban J connectivity index is 1.74. The van der Waals surface area contributed by atoms with Gasteiger partial charge in [0.25, 0.3) is 5.91 Å². The van der Waals surface area contributed by atoms with E-state index < -0.39 is 0 Å². The van der Waals surface area contributed by atoms with Gasteiger partial charge in [-0.05, 0) is 31.7 Å². The Morgan fingerprint density at radius 1 is 1.35 bits per heavy atom. The summed E-state index contributed by atoms with van der Waals surface area (Å²) in [6.07, 6.45) is 7.75. The first-order chi connectivity index (χ1) is 11.0. The van der Waals surface area contributed by atoms with Crippen molar-refractivity contribution in [3.63, 3.8) is 0 Å². The molecule has 2 aliphatic rings. The summed E-state index contributed by atoms with van der Waals surface area (Å²) >= 11 is 0. The lowest BCUT2D eigenvalue weighted by Gasteiger charge is -2.36. The first-order valence-corrected chi connectivity index (χ1v) is 8.18. The second-order valence-corrected chi connectivity index (χ2v) is 6.35. The third kappa shape index (κ3) is 3.43. The summed E-state index contributed by atoms with van der Waals surface area (Å²) in [4.78, 5) is 26.3. The van der Waals surface area contributed by atoms with E-state index in [4.69, 9.17) is 0 Å². The first kappa shape index (κ1) is 15.7. The van der Waals surface area contributed by atoms with Crippen LogP contribution in [0.2, 0.25) is 0 Å². The summed E-state index contributed by atoms with van der Waals surface area (Å²) in [6, 6.07) is 0.140. The highest BCUT2D eigenvalue weighted by atomic mass is 16.2. The zero-order valence-electron chi connectivity index (χ0n) is 13.7. The van der Waals surface area contributed by atoms with Crippen LogP contribution in [-0.2, 0) is 16.1 Å². The van der Waals surface area contributed by atoms with Crippen LogP contribution >= 0.6 is 0 Å². The topological polar surface area (TPSA) is 70.8 Å². The first-order valence-electron chi connectivity index (χ1n) is 8.18. The SMILES string of the molecule is Cc1cnn(C[C@@H]2CCCCN2C(=O)C2=NN(C)C(=O)CC2)c1. The highest BCUT2D eigenvalue weighted by molar-refractivity contribution is 6.39. The minimum atomic E-state index is -0.0382. The lowest BCUT2D eigenvalue weighted by atomic mass is 10.0. The van der Waals surface area contributed by atoms with E-state index in [0.717, 1.165) is 31.4 Å². The molecule has 1 atom stereocenters. The van der Waals surface area contributed by atoms with E-state index in [1.807, 2.05) is 28.9 Å². The van der Waals surface area contributed by atoms with Gasteiger partial charge in [-0.15, -0.1) is 0 Å². The van der Waals surface area contributed by atoms with Gasteiger partial charge >= 0.3 is 0 Å². The molecule has 3 heterocycles. The van der Waals surface area contributed by atoms with Crippen LogP contribution in [0.25, 0.3) is 0 Å².